The molecule has 2 N–H and O–H groups in total. The molecule has 0 bridgehead atoms. The lowest BCUT2D eigenvalue weighted by molar-refractivity contribution is -0.129. The van der Waals surface area contributed by atoms with Gasteiger partial charge in [0.1, 0.15) is 5.82 Å². The van der Waals surface area contributed by atoms with E-state index in [1.54, 1.807) is 42.3 Å². The molecule has 0 saturated carbocycles. The van der Waals surface area contributed by atoms with Gasteiger partial charge in [-0.3, -0.25) is 9.89 Å². The zero-order valence-corrected chi connectivity index (χ0v) is 19.9. The molecule has 9 heteroatoms. The highest BCUT2D eigenvalue weighted by molar-refractivity contribution is 7.89. The maximum atomic E-state index is 13.4. The largest absolute Gasteiger partial charge is 0.346 e. The van der Waals surface area contributed by atoms with Gasteiger partial charge in [0.15, 0.2) is 0 Å². The lowest BCUT2D eigenvalue weighted by Gasteiger charge is -2.17. The average Bonchev–Trinajstić information content (AvgIpc) is 3.24. The molecule has 33 heavy (non-hydrogen) atoms. The Hall–Kier alpha value is -3.04. The Morgan fingerprint density at radius 1 is 1.12 bits per heavy atom. The first-order valence-corrected chi connectivity index (χ1v) is 12.2. The first-order valence-electron chi connectivity index (χ1n) is 10.8. The molecule has 176 valence electrons. The number of H-pyrrole nitrogens is 1. The van der Waals surface area contributed by atoms with Crippen LogP contribution < -0.4 is 4.72 Å². The van der Waals surface area contributed by atoms with Crippen LogP contribution in [0.3, 0.4) is 0 Å². The molecule has 0 atom stereocenters. The van der Waals surface area contributed by atoms with E-state index in [-0.39, 0.29) is 29.6 Å². The van der Waals surface area contributed by atoms with E-state index in [0.29, 0.717) is 30.6 Å². The quantitative estimate of drug-likeness (QED) is 0.471. The van der Waals surface area contributed by atoms with Crippen LogP contribution in [0, 0.1) is 19.7 Å². The monoisotopic (exact) mass is 472 g/mol. The van der Waals surface area contributed by atoms with Gasteiger partial charge in [0, 0.05) is 37.8 Å². The molecule has 1 heterocycles. The number of aromatic nitrogens is 2. The third kappa shape index (κ3) is 6.72. The number of amides is 1. The fraction of sp³-hybridized carbons (Fsp3) is 0.333. The van der Waals surface area contributed by atoms with Crippen molar-refractivity contribution in [3.05, 3.63) is 71.2 Å². The van der Waals surface area contributed by atoms with Gasteiger partial charge in [-0.25, -0.2) is 17.5 Å². The summed E-state index contributed by atoms with van der Waals surface area (Å²) in [6.07, 6.45) is 1.47. The number of rotatable bonds is 10. The van der Waals surface area contributed by atoms with Gasteiger partial charge in [-0.2, -0.15) is 5.10 Å². The van der Waals surface area contributed by atoms with Crippen LogP contribution in [0.4, 0.5) is 4.39 Å². The van der Waals surface area contributed by atoms with Crippen molar-refractivity contribution in [1.29, 1.82) is 0 Å². The lowest BCUT2D eigenvalue weighted by atomic mass is 10.1. The number of carbonyl (C=O) groups excluding carboxylic acids is 1. The number of benzene rings is 2. The zero-order valence-electron chi connectivity index (χ0n) is 19.1. The standard InChI is InChI=1S/C24H29FN4O3S/c1-17-9-10-22(14-18(17)2)33(31,32)26-12-11-24(30)29(3)13-5-8-21-16-23(28-27-21)19-6-4-7-20(25)15-19/h4,6-7,9-10,14-16,26H,5,8,11-13H2,1-3H3,(H,27,28). The molecule has 0 saturated heterocycles. The summed E-state index contributed by atoms with van der Waals surface area (Å²) < 4.78 is 40.7. The van der Waals surface area contributed by atoms with Crippen LogP contribution >= 0.6 is 0 Å². The van der Waals surface area contributed by atoms with Gasteiger partial charge in [0.25, 0.3) is 0 Å². The van der Waals surface area contributed by atoms with Crippen molar-refractivity contribution >= 4 is 15.9 Å². The Labute approximate surface area is 194 Å². The van der Waals surface area contributed by atoms with Crippen molar-refractivity contribution in [3.8, 4) is 11.3 Å². The minimum absolute atomic E-state index is 0.0377. The number of halogens is 1. The molecular formula is C24H29FN4O3S. The first-order chi connectivity index (χ1) is 15.7. The third-order valence-corrected chi connectivity index (χ3v) is 7.00. The molecule has 3 rings (SSSR count). The minimum atomic E-state index is -3.65. The van der Waals surface area contributed by atoms with Crippen LogP contribution in [0.1, 0.15) is 29.7 Å². The highest BCUT2D eigenvalue weighted by atomic mass is 32.2. The second-order valence-corrected chi connectivity index (χ2v) is 9.87. The van der Waals surface area contributed by atoms with Crippen molar-refractivity contribution in [3.63, 3.8) is 0 Å². The highest BCUT2D eigenvalue weighted by Gasteiger charge is 2.16. The maximum Gasteiger partial charge on any atom is 0.240 e. The van der Waals surface area contributed by atoms with E-state index in [1.165, 1.54) is 12.1 Å². The molecule has 0 unspecified atom stereocenters. The van der Waals surface area contributed by atoms with Crippen molar-refractivity contribution in [2.45, 2.75) is 38.0 Å². The molecule has 2 aromatic carbocycles. The average molecular weight is 473 g/mol. The molecule has 0 aliphatic carbocycles. The van der Waals surface area contributed by atoms with Crippen LogP contribution in [0.15, 0.2) is 53.4 Å². The van der Waals surface area contributed by atoms with Gasteiger partial charge in [-0.15, -0.1) is 0 Å². The van der Waals surface area contributed by atoms with Crippen molar-refractivity contribution in [1.82, 2.24) is 19.8 Å². The minimum Gasteiger partial charge on any atom is -0.346 e. The van der Waals surface area contributed by atoms with E-state index in [1.807, 2.05) is 19.9 Å². The van der Waals surface area contributed by atoms with Crippen LogP contribution in [-0.2, 0) is 21.2 Å². The Morgan fingerprint density at radius 3 is 2.64 bits per heavy atom. The summed E-state index contributed by atoms with van der Waals surface area (Å²) in [6, 6.07) is 13.1. The normalized spacial score (nSPS) is 11.5. The van der Waals surface area contributed by atoms with E-state index in [2.05, 4.69) is 14.9 Å². The summed E-state index contributed by atoms with van der Waals surface area (Å²) in [5, 5.41) is 7.17. The summed E-state index contributed by atoms with van der Waals surface area (Å²) in [4.78, 5) is 14.2. The van der Waals surface area contributed by atoms with Gasteiger partial charge < -0.3 is 4.90 Å². The SMILES string of the molecule is Cc1ccc(S(=O)(=O)NCCC(=O)N(C)CCCc2cc(-c3cccc(F)c3)n[nH]2)cc1C. The lowest BCUT2D eigenvalue weighted by Crippen LogP contribution is -2.32. The molecule has 7 nitrogen and oxygen atoms in total. The maximum absolute atomic E-state index is 13.4. The Morgan fingerprint density at radius 2 is 1.91 bits per heavy atom. The molecule has 0 aliphatic heterocycles. The second kappa shape index (κ2) is 10.7. The molecule has 3 aromatic rings. The summed E-state index contributed by atoms with van der Waals surface area (Å²) in [6.45, 7) is 4.34. The van der Waals surface area contributed by atoms with E-state index >= 15 is 0 Å². The number of nitrogens with one attached hydrogen (secondary N) is 2. The molecule has 0 spiro atoms. The number of hydrogen-bond donors (Lipinski definition) is 2. The Kier molecular flexibility index (Phi) is 7.99. The number of aromatic amines is 1. The molecule has 1 amide bonds. The highest BCUT2D eigenvalue weighted by Crippen LogP contribution is 2.19. The summed E-state index contributed by atoms with van der Waals surface area (Å²) in [5.74, 6) is -0.448. The van der Waals surface area contributed by atoms with Crippen molar-refractivity contribution in [2.24, 2.45) is 0 Å². The van der Waals surface area contributed by atoms with Crippen LogP contribution in [0.2, 0.25) is 0 Å². The number of hydrogen-bond acceptors (Lipinski definition) is 4. The molecular weight excluding hydrogens is 443 g/mol. The summed E-state index contributed by atoms with van der Waals surface area (Å²) in [7, 11) is -1.95. The fourth-order valence-electron chi connectivity index (χ4n) is 3.36. The number of aryl methyl sites for hydroxylation is 3. The number of sulfonamides is 1. The predicted molar refractivity (Wildman–Crippen MR) is 126 cm³/mol. The molecule has 0 radical (unpaired) electrons. The summed E-state index contributed by atoms with van der Waals surface area (Å²) in [5.41, 5.74) is 4.19. The van der Waals surface area contributed by atoms with E-state index in [4.69, 9.17) is 0 Å². The van der Waals surface area contributed by atoms with Gasteiger partial charge in [0.2, 0.25) is 15.9 Å². The van der Waals surface area contributed by atoms with Crippen molar-refractivity contribution < 1.29 is 17.6 Å². The predicted octanol–water partition coefficient (Wildman–Crippen LogP) is 3.59. The van der Waals surface area contributed by atoms with Crippen LogP contribution in [0.5, 0.6) is 0 Å². The third-order valence-electron chi connectivity index (χ3n) is 5.54. The Bertz CT molecular complexity index is 1220. The number of nitrogens with zero attached hydrogens (tertiary/aromatic N) is 2. The number of carbonyl (C=O) groups is 1. The summed E-state index contributed by atoms with van der Waals surface area (Å²) >= 11 is 0. The van der Waals surface area contributed by atoms with Gasteiger partial charge in [-0.05, 0) is 68.1 Å². The molecule has 0 aliphatic rings. The van der Waals surface area contributed by atoms with Gasteiger partial charge >= 0.3 is 0 Å². The first kappa shape index (κ1) is 24.6. The van der Waals surface area contributed by atoms with Gasteiger partial charge in [-0.1, -0.05) is 18.2 Å². The topological polar surface area (TPSA) is 95.2 Å². The molecule has 0 fully saturated rings. The van der Waals surface area contributed by atoms with Gasteiger partial charge in [0.05, 0.1) is 10.6 Å². The van der Waals surface area contributed by atoms with Crippen molar-refractivity contribution in [2.75, 3.05) is 20.1 Å². The Balaban J connectivity index is 1.42. The molecule has 1 aromatic heterocycles. The smallest absolute Gasteiger partial charge is 0.240 e. The van der Waals surface area contributed by atoms with E-state index in [0.717, 1.165) is 16.8 Å². The zero-order chi connectivity index (χ0) is 24.0. The van der Waals surface area contributed by atoms with Crippen LogP contribution in [0.25, 0.3) is 11.3 Å². The van der Waals surface area contributed by atoms with E-state index in [9.17, 15) is 17.6 Å². The second-order valence-electron chi connectivity index (χ2n) is 8.10. The van der Waals surface area contributed by atoms with Crippen LogP contribution in [-0.4, -0.2) is 49.6 Å². The fourth-order valence-corrected chi connectivity index (χ4v) is 4.48. The van der Waals surface area contributed by atoms with E-state index < -0.39 is 10.0 Å².